The predicted octanol–water partition coefficient (Wildman–Crippen LogP) is 4.05. The van der Waals surface area contributed by atoms with Gasteiger partial charge in [-0.15, -0.1) is 24.0 Å². The van der Waals surface area contributed by atoms with Gasteiger partial charge < -0.3 is 15.2 Å². The Hall–Kier alpha value is -1.61. The number of likely N-dealkylation sites (tertiary alicyclic amines) is 1. The van der Waals surface area contributed by atoms with Crippen molar-refractivity contribution in [2.45, 2.75) is 52.7 Å². The number of aliphatic imine (C=N–C) groups is 1. The fourth-order valence-corrected chi connectivity index (χ4v) is 3.92. The SMILES string of the molecule is CCNC(=NCc1nccn1CC(C)C)NCC(c1ccccc1)N1CCCC1.I. The van der Waals surface area contributed by atoms with Gasteiger partial charge in [0, 0.05) is 32.0 Å². The van der Waals surface area contributed by atoms with E-state index in [1.807, 2.05) is 12.4 Å². The number of hydrogen-bond acceptors (Lipinski definition) is 3. The van der Waals surface area contributed by atoms with Crippen molar-refractivity contribution in [3.8, 4) is 0 Å². The third kappa shape index (κ3) is 7.27. The summed E-state index contributed by atoms with van der Waals surface area (Å²) in [5, 5.41) is 6.97. The summed E-state index contributed by atoms with van der Waals surface area (Å²) in [6.45, 7) is 12.1. The number of imidazole rings is 1. The monoisotopic (exact) mass is 524 g/mol. The Kier molecular flexibility index (Phi) is 10.6. The summed E-state index contributed by atoms with van der Waals surface area (Å²) in [5.74, 6) is 2.45. The summed E-state index contributed by atoms with van der Waals surface area (Å²) in [6, 6.07) is 11.2. The van der Waals surface area contributed by atoms with E-state index in [0.717, 1.165) is 31.4 Å². The fourth-order valence-electron chi connectivity index (χ4n) is 3.92. The number of hydrogen-bond donors (Lipinski definition) is 2. The molecule has 0 radical (unpaired) electrons. The number of halogens is 1. The Balaban J connectivity index is 0.00000320. The number of nitrogens with one attached hydrogen (secondary N) is 2. The van der Waals surface area contributed by atoms with Gasteiger partial charge in [0.05, 0.1) is 6.04 Å². The molecule has 1 aromatic heterocycles. The van der Waals surface area contributed by atoms with Gasteiger partial charge in [0.1, 0.15) is 12.4 Å². The summed E-state index contributed by atoms with van der Waals surface area (Å²) in [4.78, 5) is 11.9. The van der Waals surface area contributed by atoms with Gasteiger partial charge in [0.2, 0.25) is 0 Å². The number of rotatable bonds is 9. The number of guanidine groups is 1. The van der Waals surface area contributed by atoms with Crippen molar-refractivity contribution >= 4 is 29.9 Å². The lowest BCUT2D eigenvalue weighted by molar-refractivity contribution is 0.245. The average molecular weight is 524 g/mol. The molecule has 0 aliphatic carbocycles. The second-order valence-corrected chi connectivity index (χ2v) is 8.14. The van der Waals surface area contributed by atoms with Crippen LogP contribution in [0.5, 0.6) is 0 Å². The molecule has 0 spiro atoms. The molecule has 1 aliphatic heterocycles. The average Bonchev–Trinajstić information content (AvgIpc) is 3.39. The summed E-state index contributed by atoms with van der Waals surface area (Å²) < 4.78 is 2.20. The van der Waals surface area contributed by atoms with E-state index in [1.54, 1.807) is 0 Å². The van der Waals surface area contributed by atoms with E-state index < -0.39 is 0 Å². The van der Waals surface area contributed by atoms with Gasteiger partial charge in [-0.1, -0.05) is 44.2 Å². The molecule has 166 valence electrons. The third-order valence-corrected chi connectivity index (χ3v) is 5.31. The zero-order valence-corrected chi connectivity index (χ0v) is 20.9. The molecule has 1 saturated heterocycles. The minimum Gasteiger partial charge on any atom is -0.357 e. The van der Waals surface area contributed by atoms with Crippen LogP contribution in [0.2, 0.25) is 0 Å². The molecule has 1 aliphatic rings. The van der Waals surface area contributed by atoms with E-state index in [9.17, 15) is 0 Å². The van der Waals surface area contributed by atoms with Crippen LogP contribution in [-0.4, -0.2) is 46.6 Å². The van der Waals surface area contributed by atoms with Crippen molar-refractivity contribution in [3.05, 3.63) is 54.1 Å². The van der Waals surface area contributed by atoms with E-state index in [2.05, 4.69) is 76.2 Å². The molecule has 0 amide bonds. The second-order valence-electron chi connectivity index (χ2n) is 8.14. The molecule has 3 rings (SSSR count). The minimum atomic E-state index is 0. The predicted molar refractivity (Wildman–Crippen MR) is 135 cm³/mol. The molecule has 1 unspecified atom stereocenters. The maximum Gasteiger partial charge on any atom is 0.191 e. The summed E-state index contributed by atoms with van der Waals surface area (Å²) in [6.07, 6.45) is 6.49. The quantitative estimate of drug-likeness (QED) is 0.295. The molecule has 2 aromatic rings. The smallest absolute Gasteiger partial charge is 0.191 e. The van der Waals surface area contributed by atoms with Crippen LogP contribution in [0.4, 0.5) is 0 Å². The van der Waals surface area contributed by atoms with Gasteiger partial charge >= 0.3 is 0 Å². The Labute approximate surface area is 198 Å². The van der Waals surface area contributed by atoms with Gasteiger partial charge in [-0.2, -0.15) is 0 Å². The van der Waals surface area contributed by atoms with Crippen molar-refractivity contribution in [1.29, 1.82) is 0 Å². The second kappa shape index (κ2) is 12.9. The highest BCUT2D eigenvalue weighted by molar-refractivity contribution is 14.0. The van der Waals surface area contributed by atoms with Crippen molar-refractivity contribution in [2.24, 2.45) is 10.9 Å². The number of nitrogens with zero attached hydrogens (tertiary/aromatic N) is 4. The van der Waals surface area contributed by atoms with Crippen LogP contribution >= 0.6 is 24.0 Å². The Bertz CT molecular complexity index is 752. The van der Waals surface area contributed by atoms with Crippen molar-refractivity contribution in [3.63, 3.8) is 0 Å². The van der Waals surface area contributed by atoms with Gasteiger partial charge in [0.15, 0.2) is 5.96 Å². The van der Waals surface area contributed by atoms with Crippen molar-refractivity contribution in [1.82, 2.24) is 25.1 Å². The molecular formula is C23H37IN6. The van der Waals surface area contributed by atoms with Crippen LogP contribution < -0.4 is 10.6 Å². The maximum absolute atomic E-state index is 4.81. The highest BCUT2D eigenvalue weighted by atomic mass is 127. The van der Waals surface area contributed by atoms with E-state index in [0.29, 0.717) is 18.5 Å². The van der Waals surface area contributed by atoms with Crippen LogP contribution in [0.25, 0.3) is 0 Å². The third-order valence-electron chi connectivity index (χ3n) is 5.31. The zero-order chi connectivity index (χ0) is 20.5. The Morgan fingerprint density at radius 3 is 2.53 bits per heavy atom. The van der Waals surface area contributed by atoms with Crippen LogP contribution in [0.1, 0.15) is 51.0 Å². The molecule has 30 heavy (non-hydrogen) atoms. The molecule has 1 atom stereocenters. The largest absolute Gasteiger partial charge is 0.357 e. The van der Waals surface area contributed by atoms with Crippen LogP contribution in [-0.2, 0) is 13.1 Å². The molecule has 6 nitrogen and oxygen atoms in total. The lowest BCUT2D eigenvalue weighted by Crippen LogP contribution is -2.42. The molecule has 1 fully saturated rings. The Morgan fingerprint density at radius 1 is 1.13 bits per heavy atom. The van der Waals surface area contributed by atoms with E-state index in [-0.39, 0.29) is 24.0 Å². The molecule has 7 heteroatoms. The normalized spacial score (nSPS) is 15.8. The summed E-state index contributed by atoms with van der Waals surface area (Å²) in [5.41, 5.74) is 1.37. The number of benzene rings is 1. The van der Waals surface area contributed by atoms with E-state index in [1.165, 1.54) is 31.5 Å². The fraction of sp³-hybridized carbons (Fsp3) is 0.565. The van der Waals surface area contributed by atoms with Gasteiger partial charge in [-0.05, 0) is 44.3 Å². The van der Waals surface area contributed by atoms with Crippen LogP contribution in [0.3, 0.4) is 0 Å². The molecule has 0 bridgehead atoms. The number of aromatic nitrogens is 2. The molecule has 2 N–H and O–H groups in total. The lowest BCUT2D eigenvalue weighted by atomic mass is 10.1. The molecule has 0 saturated carbocycles. The molecule has 1 aromatic carbocycles. The van der Waals surface area contributed by atoms with Gasteiger partial charge in [0.25, 0.3) is 0 Å². The first kappa shape index (κ1) is 24.7. The first-order chi connectivity index (χ1) is 14.2. The minimum absolute atomic E-state index is 0. The maximum atomic E-state index is 4.81. The first-order valence-electron chi connectivity index (χ1n) is 11.0. The highest BCUT2D eigenvalue weighted by Crippen LogP contribution is 2.24. The lowest BCUT2D eigenvalue weighted by Gasteiger charge is -2.29. The summed E-state index contributed by atoms with van der Waals surface area (Å²) in [7, 11) is 0. The van der Waals surface area contributed by atoms with Crippen molar-refractivity contribution in [2.75, 3.05) is 26.2 Å². The molecule has 2 heterocycles. The van der Waals surface area contributed by atoms with Gasteiger partial charge in [-0.25, -0.2) is 9.98 Å². The molecular weight excluding hydrogens is 487 g/mol. The van der Waals surface area contributed by atoms with Gasteiger partial charge in [-0.3, -0.25) is 4.90 Å². The standard InChI is InChI=1S/C23H36N6.HI/c1-4-24-23(27-17-22-25-12-15-29(22)18-19(2)3)26-16-21(28-13-8-9-14-28)20-10-6-5-7-11-20;/h5-7,10-12,15,19,21H,4,8-9,13-14,16-18H2,1-3H3,(H2,24,26,27);1H. The topological polar surface area (TPSA) is 57.5 Å². The van der Waals surface area contributed by atoms with E-state index >= 15 is 0 Å². The Morgan fingerprint density at radius 2 is 1.87 bits per heavy atom. The highest BCUT2D eigenvalue weighted by Gasteiger charge is 2.23. The van der Waals surface area contributed by atoms with Crippen LogP contribution in [0.15, 0.2) is 47.7 Å². The van der Waals surface area contributed by atoms with Crippen molar-refractivity contribution < 1.29 is 0 Å². The summed E-state index contributed by atoms with van der Waals surface area (Å²) >= 11 is 0. The van der Waals surface area contributed by atoms with E-state index in [4.69, 9.17) is 4.99 Å². The zero-order valence-electron chi connectivity index (χ0n) is 18.6. The van der Waals surface area contributed by atoms with Crippen LogP contribution in [0, 0.1) is 5.92 Å². The first-order valence-corrected chi connectivity index (χ1v) is 11.0.